The summed E-state index contributed by atoms with van der Waals surface area (Å²) in [6.07, 6.45) is 0. The molecule has 3 aromatic rings. The van der Waals surface area contributed by atoms with Crippen LogP contribution >= 0.6 is 24.0 Å². The minimum absolute atomic E-state index is 0.0314. The van der Waals surface area contributed by atoms with Crippen LogP contribution in [-0.4, -0.2) is 28.4 Å². The molecular weight excluding hydrogens is 410 g/mol. The maximum absolute atomic E-state index is 12.1. The van der Waals surface area contributed by atoms with E-state index in [0.717, 1.165) is 17.3 Å². The maximum atomic E-state index is 12.1. The Kier molecular flexibility index (Phi) is 6.61. The maximum Gasteiger partial charge on any atom is 0.387 e. The summed E-state index contributed by atoms with van der Waals surface area (Å²) < 4.78 is 34.0. The van der Waals surface area contributed by atoms with Gasteiger partial charge >= 0.3 is 6.61 Å². The molecule has 0 bridgehead atoms. The number of thiocarbonyl (C=S) groups is 1. The molecule has 1 amide bonds. The third kappa shape index (κ3) is 5.79. The summed E-state index contributed by atoms with van der Waals surface area (Å²) in [6.45, 7) is -2.88. The molecule has 0 unspecified atom stereocenters. The number of para-hydroxylation sites is 2. The Morgan fingerprint density at radius 3 is 2.64 bits per heavy atom. The molecule has 1 heterocycles. The number of hydrogen-bond acceptors (Lipinski definition) is 6. The summed E-state index contributed by atoms with van der Waals surface area (Å²) in [5.41, 5.74) is 6.89. The van der Waals surface area contributed by atoms with Crippen molar-refractivity contribution in [2.45, 2.75) is 11.8 Å². The second-order valence-corrected chi connectivity index (χ2v) is 6.60. The topological polar surface area (TPSA) is 88.4 Å². The Bertz CT molecular complexity index is 933. The summed E-state index contributed by atoms with van der Waals surface area (Å²) in [7, 11) is 0. The summed E-state index contributed by atoms with van der Waals surface area (Å²) in [5, 5.41) is 3.31. The number of hydrazine groups is 1. The van der Waals surface area contributed by atoms with Gasteiger partial charge in [0.05, 0.1) is 5.75 Å². The first-order valence-corrected chi connectivity index (χ1v) is 9.28. The number of carbonyl (C=O) groups is 1. The number of oxazole rings is 1. The number of ether oxygens (including phenoxy) is 1. The third-order valence-corrected chi connectivity index (χ3v) is 4.29. The van der Waals surface area contributed by atoms with Crippen LogP contribution in [0, 0.1) is 0 Å². The van der Waals surface area contributed by atoms with Crippen LogP contribution in [0.5, 0.6) is 5.75 Å². The van der Waals surface area contributed by atoms with Crippen molar-refractivity contribution in [3.05, 3.63) is 48.5 Å². The minimum atomic E-state index is -2.88. The Balaban J connectivity index is 1.40. The predicted molar refractivity (Wildman–Crippen MR) is 105 cm³/mol. The Labute approximate surface area is 167 Å². The van der Waals surface area contributed by atoms with E-state index in [9.17, 15) is 13.6 Å². The van der Waals surface area contributed by atoms with Crippen molar-refractivity contribution in [3.8, 4) is 5.75 Å². The van der Waals surface area contributed by atoms with Gasteiger partial charge in [0.15, 0.2) is 10.7 Å². The van der Waals surface area contributed by atoms with Gasteiger partial charge in [-0.05, 0) is 48.6 Å². The molecule has 0 spiro atoms. The number of rotatable bonds is 6. The summed E-state index contributed by atoms with van der Waals surface area (Å²) in [6, 6.07) is 13.1. The lowest BCUT2D eigenvalue weighted by Crippen LogP contribution is -2.44. The third-order valence-electron chi connectivity index (χ3n) is 3.25. The predicted octanol–water partition coefficient (Wildman–Crippen LogP) is 3.54. The van der Waals surface area contributed by atoms with E-state index in [1.54, 1.807) is 6.07 Å². The van der Waals surface area contributed by atoms with Crippen LogP contribution < -0.4 is 20.9 Å². The first-order chi connectivity index (χ1) is 13.5. The lowest BCUT2D eigenvalue weighted by atomic mass is 10.3. The van der Waals surface area contributed by atoms with Gasteiger partial charge in [0.2, 0.25) is 5.91 Å². The quantitative estimate of drug-likeness (QED) is 0.315. The minimum Gasteiger partial charge on any atom is -0.435 e. The highest BCUT2D eigenvalue weighted by Gasteiger charge is 2.09. The van der Waals surface area contributed by atoms with E-state index in [0.29, 0.717) is 16.5 Å². The number of aromatic nitrogens is 1. The highest BCUT2D eigenvalue weighted by atomic mass is 32.2. The summed E-state index contributed by atoms with van der Waals surface area (Å²) in [4.78, 5) is 16.2. The van der Waals surface area contributed by atoms with Gasteiger partial charge in [0.25, 0.3) is 5.22 Å². The highest BCUT2D eigenvalue weighted by molar-refractivity contribution is 7.99. The number of halogens is 2. The van der Waals surface area contributed by atoms with Crippen molar-refractivity contribution in [2.24, 2.45) is 0 Å². The van der Waals surface area contributed by atoms with E-state index < -0.39 is 6.61 Å². The fourth-order valence-electron chi connectivity index (χ4n) is 2.08. The standard InChI is InChI=1S/C17H14F2N4O3S2/c18-15(19)25-11-7-5-10(6-8-11)20-16(27)23-22-14(24)9-28-17-21-12-3-1-2-4-13(12)26-17/h1-8,15H,9H2,(H,22,24)(H2,20,23,27). The number of benzene rings is 2. The second-order valence-electron chi connectivity index (χ2n) is 5.27. The smallest absolute Gasteiger partial charge is 0.387 e. The largest absolute Gasteiger partial charge is 0.435 e. The van der Waals surface area contributed by atoms with Crippen LogP contribution in [0.2, 0.25) is 0 Å². The van der Waals surface area contributed by atoms with Gasteiger partial charge in [-0.15, -0.1) is 0 Å². The SMILES string of the molecule is O=C(CSc1nc2ccccc2o1)NNC(=S)Nc1ccc(OC(F)F)cc1. The molecule has 2 aromatic carbocycles. The van der Waals surface area contributed by atoms with Gasteiger partial charge in [-0.1, -0.05) is 23.9 Å². The zero-order valence-corrected chi connectivity index (χ0v) is 15.8. The van der Waals surface area contributed by atoms with E-state index in [2.05, 4.69) is 25.9 Å². The Morgan fingerprint density at radius 1 is 1.18 bits per heavy atom. The molecular formula is C17H14F2N4O3S2. The van der Waals surface area contributed by atoms with Crippen LogP contribution in [0.4, 0.5) is 14.5 Å². The van der Waals surface area contributed by atoms with E-state index in [1.165, 1.54) is 24.3 Å². The van der Waals surface area contributed by atoms with Gasteiger partial charge in [0.1, 0.15) is 11.3 Å². The molecule has 0 aliphatic heterocycles. The fraction of sp³-hybridized carbons (Fsp3) is 0.118. The van der Waals surface area contributed by atoms with Crippen molar-refractivity contribution in [2.75, 3.05) is 11.1 Å². The van der Waals surface area contributed by atoms with Crippen LogP contribution in [0.3, 0.4) is 0 Å². The lowest BCUT2D eigenvalue weighted by Gasteiger charge is -2.11. The van der Waals surface area contributed by atoms with Crippen molar-refractivity contribution < 1.29 is 22.7 Å². The second kappa shape index (κ2) is 9.33. The van der Waals surface area contributed by atoms with Crippen LogP contribution in [0.25, 0.3) is 11.1 Å². The van der Waals surface area contributed by atoms with Crippen molar-refractivity contribution in [1.82, 2.24) is 15.8 Å². The molecule has 0 aliphatic rings. The highest BCUT2D eigenvalue weighted by Crippen LogP contribution is 2.22. The summed E-state index contributed by atoms with van der Waals surface area (Å²) >= 11 is 6.20. The van der Waals surface area contributed by atoms with Crippen LogP contribution in [-0.2, 0) is 4.79 Å². The van der Waals surface area contributed by atoms with Crippen molar-refractivity contribution in [1.29, 1.82) is 0 Å². The number of anilines is 1. The number of fused-ring (bicyclic) bond motifs is 1. The number of hydrogen-bond donors (Lipinski definition) is 3. The molecule has 3 rings (SSSR count). The molecule has 11 heteroatoms. The first kappa shape index (κ1) is 19.8. The molecule has 0 aliphatic carbocycles. The number of thioether (sulfide) groups is 1. The molecule has 0 saturated carbocycles. The van der Waals surface area contributed by atoms with Crippen LogP contribution in [0.1, 0.15) is 0 Å². The van der Waals surface area contributed by atoms with Crippen molar-refractivity contribution in [3.63, 3.8) is 0 Å². The average molecular weight is 424 g/mol. The van der Waals surface area contributed by atoms with Gasteiger partial charge in [-0.25, -0.2) is 4.98 Å². The van der Waals surface area contributed by atoms with Crippen molar-refractivity contribution >= 4 is 51.8 Å². The van der Waals surface area contributed by atoms with E-state index in [1.807, 2.05) is 18.2 Å². The zero-order valence-electron chi connectivity index (χ0n) is 14.1. The number of nitrogens with one attached hydrogen (secondary N) is 3. The van der Waals surface area contributed by atoms with E-state index in [4.69, 9.17) is 16.6 Å². The number of nitrogens with zero attached hydrogens (tertiary/aromatic N) is 1. The lowest BCUT2D eigenvalue weighted by molar-refractivity contribution is -0.119. The monoisotopic (exact) mass is 424 g/mol. The molecule has 0 fully saturated rings. The van der Waals surface area contributed by atoms with Gasteiger partial charge < -0.3 is 14.5 Å². The average Bonchev–Trinajstić information content (AvgIpc) is 3.09. The summed E-state index contributed by atoms with van der Waals surface area (Å²) in [5.74, 6) is -0.233. The number of carbonyl (C=O) groups excluding carboxylic acids is 1. The molecule has 3 N–H and O–H groups in total. The number of alkyl halides is 2. The van der Waals surface area contributed by atoms with Gasteiger partial charge in [-0.3, -0.25) is 15.6 Å². The zero-order chi connectivity index (χ0) is 19.9. The van der Waals surface area contributed by atoms with E-state index >= 15 is 0 Å². The molecule has 0 saturated heterocycles. The van der Waals surface area contributed by atoms with Gasteiger partial charge in [-0.2, -0.15) is 8.78 Å². The molecule has 146 valence electrons. The molecule has 7 nitrogen and oxygen atoms in total. The van der Waals surface area contributed by atoms with Crippen LogP contribution in [0.15, 0.2) is 58.2 Å². The fourth-order valence-corrected chi connectivity index (χ4v) is 2.89. The van der Waals surface area contributed by atoms with E-state index in [-0.39, 0.29) is 22.5 Å². The molecule has 1 aromatic heterocycles. The molecule has 28 heavy (non-hydrogen) atoms. The Hall–Kier alpha value is -2.92. The first-order valence-electron chi connectivity index (χ1n) is 7.89. The molecule has 0 atom stereocenters. The normalized spacial score (nSPS) is 10.7. The Morgan fingerprint density at radius 2 is 1.93 bits per heavy atom. The number of amides is 1. The molecule has 0 radical (unpaired) electrons. The van der Waals surface area contributed by atoms with Gasteiger partial charge in [0, 0.05) is 5.69 Å².